The minimum absolute atomic E-state index is 0.232. The SMILES string of the molecule is CCc1ccc(-c2cccc(F)c2)cc1F. The van der Waals surface area contributed by atoms with Crippen molar-refractivity contribution in [2.24, 2.45) is 0 Å². The Labute approximate surface area is 93.5 Å². The van der Waals surface area contributed by atoms with Gasteiger partial charge < -0.3 is 0 Å². The molecule has 0 aliphatic heterocycles. The van der Waals surface area contributed by atoms with Crippen LogP contribution in [0.15, 0.2) is 42.5 Å². The van der Waals surface area contributed by atoms with Gasteiger partial charge in [0.25, 0.3) is 0 Å². The smallest absolute Gasteiger partial charge is 0.127 e. The highest BCUT2D eigenvalue weighted by molar-refractivity contribution is 5.63. The zero-order chi connectivity index (χ0) is 11.5. The van der Waals surface area contributed by atoms with Gasteiger partial charge in [-0.05, 0) is 41.3 Å². The van der Waals surface area contributed by atoms with Crippen LogP contribution in [0.5, 0.6) is 0 Å². The van der Waals surface area contributed by atoms with Gasteiger partial charge in [-0.1, -0.05) is 31.2 Å². The summed E-state index contributed by atoms with van der Waals surface area (Å²) in [6, 6.07) is 11.2. The third kappa shape index (κ3) is 2.11. The van der Waals surface area contributed by atoms with E-state index in [0.29, 0.717) is 23.1 Å². The quantitative estimate of drug-likeness (QED) is 0.708. The fraction of sp³-hybridized carbons (Fsp3) is 0.143. The maximum absolute atomic E-state index is 13.5. The third-order valence-electron chi connectivity index (χ3n) is 2.59. The number of hydrogen-bond donors (Lipinski definition) is 0. The summed E-state index contributed by atoms with van der Waals surface area (Å²) in [4.78, 5) is 0. The molecule has 0 bridgehead atoms. The van der Waals surface area contributed by atoms with Gasteiger partial charge >= 0.3 is 0 Å². The zero-order valence-electron chi connectivity index (χ0n) is 9.00. The Morgan fingerprint density at radius 1 is 0.938 bits per heavy atom. The fourth-order valence-electron chi connectivity index (χ4n) is 1.68. The Morgan fingerprint density at radius 3 is 2.31 bits per heavy atom. The molecule has 0 unspecified atom stereocenters. The molecule has 0 heterocycles. The lowest BCUT2D eigenvalue weighted by Crippen LogP contribution is -1.88. The topological polar surface area (TPSA) is 0 Å². The number of rotatable bonds is 2. The van der Waals surface area contributed by atoms with Crippen molar-refractivity contribution >= 4 is 0 Å². The van der Waals surface area contributed by atoms with E-state index in [9.17, 15) is 8.78 Å². The second-order valence-electron chi connectivity index (χ2n) is 3.67. The minimum atomic E-state index is -0.308. The predicted molar refractivity (Wildman–Crippen MR) is 61.2 cm³/mol. The highest BCUT2D eigenvalue weighted by atomic mass is 19.1. The van der Waals surface area contributed by atoms with Crippen LogP contribution in [-0.2, 0) is 6.42 Å². The van der Waals surface area contributed by atoms with Crippen molar-refractivity contribution in [3.05, 3.63) is 59.7 Å². The maximum atomic E-state index is 13.5. The van der Waals surface area contributed by atoms with Gasteiger partial charge in [0, 0.05) is 0 Å². The molecule has 0 aromatic heterocycles. The van der Waals surface area contributed by atoms with Gasteiger partial charge in [-0.2, -0.15) is 0 Å². The minimum Gasteiger partial charge on any atom is -0.207 e. The van der Waals surface area contributed by atoms with Crippen molar-refractivity contribution < 1.29 is 8.78 Å². The Balaban J connectivity index is 2.45. The van der Waals surface area contributed by atoms with Crippen LogP contribution in [0, 0.1) is 11.6 Å². The molecule has 2 aromatic carbocycles. The van der Waals surface area contributed by atoms with Gasteiger partial charge in [-0.25, -0.2) is 8.78 Å². The molecule has 0 fully saturated rings. The Hall–Kier alpha value is -1.70. The molecule has 0 saturated carbocycles. The zero-order valence-corrected chi connectivity index (χ0v) is 9.00. The molecule has 2 aromatic rings. The van der Waals surface area contributed by atoms with Crippen molar-refractivity contribution in [3.63, 3.8) is 0 Å². The van der Waals surface area contributed by atoms with E-state index >= 15 is 0 Å². The second-order valence-corrected chi connectivity index (χ2v) is 3.67. The number of aryl methyl sites for hydroxylation is 1. The summed E-state index contributed by atoms with van der Waals surface area (Å²) >= 11 is 0. The number of hydrogen-bond acceptors (Lipinski definition) is 0. The van der Waals surface area contributed by atoms with E-state index in [4.69, 9.17) is 0 Å². The molecular formula is C14H12F2. The summed E-state index contributed by atoms with van der Waals surface area (Å²) in [6.45, 7) is 1.90. The lowest BCUT2D eigenvalue weighted by Gasteiger charge is -2.05. The predicted octanol–water partition coefficient (Wildman–Crippen LogP) is 4.19. The van der Waals surface area contributed by atoms with Crippen molar-refractivity contribution in [1.82, 2.24) is 0 Å². The lowest BCUT2D eigenvalue weighted by molar-refractivity contribution is 0.612. The van der Waals surface area contributed by atoms with Crippen LogP contribution in [0.2, 0.25) is 0 Å². The Morgan fingerprint density at radius 2 is 1.69 bits per heavy atom. The molecule has 0 nitrogen and oxygen atoms in total. The van der Waals surface area contributed by atoms with Crippen molar-refractivity contribution in [1.29, 1.82) is 0 Å². The van der Waals surface area contributed by atoms with E-state index in [1.54, 1.807) is 18.2 Å². The molecule has 82 valence electrons. The van der Waals surface area contributed by atoms with E-state index in [-0.39, 0.29) is 11.6 Å². The molecule has 2 heteroatoms. The average Bonchev–Trinajstić information content (AvgIpc) is 2.29. The maximum Gasteiger partial charge on any atom is 0.127 e. The number of halogens is 2. The van der Waals surface area contributed by atoms with E-state index in [1.807, 2.05) is 13.0 Å². The molecule has 0 atom stereocenters. The highest BCUT2D eigenvalue weighted by Gasteiger charge is 2.04. The summed E-state index contributed by atoms with van der Waals surface area (Å²) in [5, 5.41) is 0. The van der Waals surface area contributed by atoms with E-state index in [2.05, 4.69) is 0 Å². The van der Waals surface area contributed by atoms with Gasteiger partial charge in [0.2, 0.25) is 0 Å². The third-order valence-corrected chi connectivity index (χ3v) is 2.59. The molecule has 16 heavy (non-hydrogen) atoms. The molecule has 0 aliphatic rings. The van der Waals surface area contributed by atoms with Gasteiger partial charge in [0.05, 0.1) is 0 Å². The van der Waals surface area contributed by atoms with Crippen LogP contribution in [0.1, 0.15) is 12.5 Å². The van der Waals surface area contributed by atoms with Crippen molar-refractivity contribution in [2.75, 3.05) is 0 Å². The molecule has 0 saturated heterocycles. The summed E-state index contributed by atoms with van der Waals surface area (Å²) < 4.78 is 26.5. The van der Waals surface area contributed by atoms with Crippen LogP contribution in [0.3, 0.4) is 0 Å². The van der Waals surface area contributed by atoms with E-state index in [0.717, 1.165) is 0 Å². The van der Waals surface area contributed by atoms with Crippen LogP contribution >= 0.6 is 0 Å². The summed E-state index contributed by atoms with van der Waals surface area (Å²) in [5.74, 6) is -0.540. The summed E-state index contributed by atoms with van der Waals surface area (Å²) in [5.41, 5.74) is 2.08. The van der Waals surface area contributed by atoms with Crippen LogP contribution in [0.4, 0.5) is 8.78 Å². The van der Waals surface area contributed by atoms with Gasteiger partial charge in [-0.3, -0.25) is 0 Å². The van der Waals surface area contributed by atoms with Gasteiger partial charge in [0.1, 0.15) is 11.6 Å². The average molecular weight is 218 g/mol. The molecule has 0 spiro atoms. The molecule has 0 aliphatic carbocycles. The van der Waals surface area contributed by atoms with Crippen LogP contribution in [-0.4, -0.2) is 0 Å². The molecule has 2 rings (SSSR count). The molecule has 0 amide bonds. The fourth-order valence-corrected chi connectivity index (χ4v) is 1.68. The van der Waals surface area contributed by atoms with Crippen molar-refractivity contribution in [3.8, 4) is 11.1 Å². The first-order chi connectivity index (χ1) is 7.70. The number of benzene rings is 2. The van der Waals surface area contributed by atoms with Crippen molar-refractivity contribution in [2.45, 2.75) is 13.3 Å². The first-order valence-electron chi connectivity index (χ1n) is 5.25. The van der Waals surface area contributed by atoms with Crippen LogP contribution in [0.25, 0.3) is 11.1 Å². The first-order valence-corrected chi connectivity index (χ1v) is 5.25. The van der Waals surface area contributed by atoms with E-state index in [1.165, 1.54) is 18.2 Å². The summed E-state index contributed by atoms with van der Waals surface area (Å²) in [7, 11) is 0. The second kappa shape index (κ2) is 4.44. The molecule has 0 radical (unpaired) electrons. The van der Waals surface area contributed by atoms with Gasteiger partial charge in [-0.15, -0.1) is 0 Å². The lowest BCUT2D eigenvalue weighted by atomic mass is 10.0. The summed E-state index contributed by atoms with van der Waals surface area (Å²) in [6.07, 6.45) is 0.662. The van der Waals surface area contributed by atoms with Crippen LogP contribution < -0.4 is 0 Å². The Kier molecular flexibility index (Phi) is 3.00. The standard InChI is InChI=1S/C14H12F2/c1-2-10-6-7-12(9-14(10)16)11-4-3-5-13(15)8-11/h3-9H,2H2,1H3. The normalized spacial score (nSPS) is 10.4. The molecule has 0 N–H and O–H groups in total. The largest absolute Gasteiger partial charge is 0.207 e. The van der Waals surface area contributed by atoms with E-state index < -0.39 is 0 Å². The van der Waals surface area contributed by atoms with Gasteiger partial charge in [0.15, 0.2) is 0 Å². The first kappa shape index (κ1) is 10.8. The highest BCUT2D eigenvalue weighted by Crippen LogP contribution is 2.22. The molecular weight excluding hydrogens is 206 g/mol. The monoisotopic (exact) mass is 218 g/mol. The Bertz CT molecular complexity index is 504.